The van der Waals surface area contributed by atoms with Gasteiger partial charge in [0.15, 0.2) is 0 Å². The summed E-state index contributed by atoms with van der Waals surface area (Å²) in [6, 6.07) is 0. The number of carbonyl (C=O) groups is 1. The Balaban J connectivity index is 2.05. The van der Waals surface area contributed by atoms with Gasteiger partial charge in [-0.25, -0.2) is 20.6 Å². The molecule has 1 heterocycles. The summed E-state index contributed by atoms with van der Waals surface area (Å²) in [5.74, 6) is 6.48. The molecule has 1 fully saturated rings. The number of hydrogen-bond acceptors (Lipinski definition) is 8. The van der Waals surface area contributed by atoms with E-state index in [9.17, 15) is 4.79 Å². The zero-order chi connectivity index (χ0) is 22.8. The van der Waals surface area contributed by atoms with Gasteiger partial charge < -0.3 is 25.1 Å². The molecule has 0 spiro atoms. The highest BCUT2D eigenvalue weighted by molar-refractivity contribution is 5.68. The zero-order valence-corrected chi connectivity index (χ0v) is 19.4. The fraction of sp³-hybridized carbons (Fsp3) is 0.682. The molecule has 174 valence electrons. The maximum Gasteiger partial charge on any atom is 0.409 e. The molecule has 1 aromatic heterocycles. The monoisotopic (exact) mass is 434 g/mol. The van der Waals surface area contributed by atoms with E-state index in [0.717, 1.165) is 32.1 Å². The SMILES string of the molecule is CCCCCN(C)C(=O)OC/C(=C(/N)c1cnc(OC2CCCCC2)c(C)n1)N(C)N. The highest BCUT2D eigenvalue weighted by atomic mass is 16.6. The molecule has 2 rings (SSSR count). The molecule has 1 aliphatic rings. The van der Waals surface area contributed by atoms with Crippen LogP contribution in [0.3, 0.4) is 0 Å². The number of nitrogens with zero attached hydrogens (tertiary/aromatic N) is 4. The highest BCUT2D eigenvalue weighted by Crippen LogP contribution is 2.24. The summed E-state index contributed by atoms with van der Waals surface area (Å²) in [6.07, 6.45) is 10.2. The van der Waals surface area contributed by atoms with Crippen molar-refractivity contribution in [3.8, 4) is 5.88 Å². The molecule has 0 aliphatic heterocycles. The maximum atomic E-state index is 12.2. The van der Waals surface area contributed by atoms with Gasteiger partial charge >= 0.3 is 6.09 Å². The van der Waals surface area contributed by atoms with Gasteiger partial charge in [-0.2, -0.15) is 0 Å². The lowest BCUT2D eigenvalue weighted by molar-refractivity contribution is 0.112. The molecule has 0 saturated heterocycles. The van der Waals surface area contributed by atoms with Crippen molar-refractivity contribution in [1.82, 2.24) is 19.9 Å². The van der Waals surface area contributed by atoms with Gasteiger partial charge in [0.2, 0.25) is 5.88 Å². The number of ether oxygens (including phenoxy) is 2. The third-order valence-electron chi connectivity index (χ3n) is 5.49. The van der Waals surface area contributed by atoms with Crippen LogP contribution in [-0.2, 0) is 4.74 Å². The van der Waals surface area contributed by atoms with Gasteiger partial charge in [0.1, 0.15) is 24.1 Å². The van der Waals surface area contributed by atoms with Gasteiger partial charge in [-0.1, -0.05) is 26.2 Å². The minimum absolute atomic E-state index is 0.0587. The van der Waals surface area contributed by atoms with Crippen molar-refractivity contribution in [2.24, 2.45) is 11.6 Å². The average Bonchev–Trinajstić information content (AvgIpc) is 2.75. The Hall–Kier alpha value is -2.55. The summed E-state index contributed by atoms with van der Waals surface area (Å²) in [4.78, 5) is 22.8. The molecule has 1 aliphatic carbocycles. The van der Waals surface area contributed by atoms with Crippen LogP contribution in [0.15, 0.2) is 11.9 Å². The van der Waals surface area contributed by atoms with Crippen LogP contribution in [0.25, 0.3) is 5.70 Å². The number of likely N-dealkylation sites (N-methyl/N-ethyl adjacent to an activating group) is 1. The second kappa shape index (κ2) is 12.3. The fourth-order valence-corrected chi connectivity index (χ4v) is 3.50. The number of aromatic nitrogens is 2. The number of unbranched alkanes of at least 4 members (excludes halogenated alkanes) is 2. The molecular formula is C22H38N6O3. The Morgan fingerprint density at radius 2 is 1.94 bits per heavy atom. The van der Waals surface area contributed by atoms with E-state index in [-0.39, 0.29) is 12.7 Å². The molecule has 1 amide bonds. The molecule has 9 nitrogen and oxygen atoms in total. The first-order valence-electron chi connectivity index (χ1n) is 11.2. The first-order valence-corrected chi connectivity index (χ1v) is 11.2. The van der Waals surface area contributed by atoms with Crippen molar-refractivity contribution < 1.29 is 14.3 Å². The summed E-state index contributed by atoms with van der Waals surface area (Å²) >= 11 is 0. The molecule has 0 unspecified atom stereocenters. The van der Waals surface area contributed by atoms with Gasteiger partial charge in [-0.15, -0.1) is 0 Å². The number of nitrogens with two attached hydrogens (primary N) is 2. The second-order valence-electron chi connectivity index (χ2n) is 8.18. The van der Waals surface area contributed by atoms with E-state index < -0.39 is 6.09 Å². The maximum absolute atomic E-state index is 12.2. The minimum Gasteiger partial charge on any atom is -0.473 e. The van der Waals surface area contributed by atoms with Gasteiger partial charge in [-0.3, -0.25) is 0 Å². The Labute approximate surface area is 185 Å². The van der Waals surface area contributed by atoms with Crippen molar-refractivity contribution in [3.05, 3.63) is 23.3 Å². The molecule has 0 atom stereocenters. The molecule has 9 heteroatoms. The molecule has 0 bridgehead atoms. The predicted octanol–water partition coefficient (Wildman–Crippen LogP) is 3.19. The molecule has 0 radical (unpaired) electrons. The summed E-state index contributed by atoms with van der Waals surface area (Å²) in [7, 11) is 3.36. The summed E-state index contributed by atoms with van der Waals surface area (Å²) < 4.78 is 11.4. The average molecular weight is 435 g/mol. The largest absolute Gasteiger partial charge is 0.473 e. The smallest absolute Gasteiger partial charge is 0.409 e. The number of hydrazine groups is 1. The zero-order valence-electron chi connectivity index (χ0n) is 19.4. The lowest BCUT2D eigenvalue weighted by Crippen LogP contribution is -2.34. The Morgan fingerprint density at radius 3 is 2.55 bits per heavy atom. The van der Waals surface area contributed by atoms with Gasteiger partial charge in [0.05, 0.1) is 17.6 Å². The van der Waals surface area contributed by atoms with E-state index in [2.05, 4.69) is 16.9 Å². The van der Waals surface area contributed by atoms with Gasteiger partial charge in [-0.05, 0) is 39.0 Å². The van der Waals surface area contributed by atoms with Crippen LogP contribution in [0.4, 0.5) is 4.79 Å². The first kappa shape index (κ1) is 24.7. The lowest BCUT2D eigenvalue weighted by Gasteiger charge is -2.23. The third kappa shape index (κ3) is 7.57. The van der Waals surface area contributed by atoms with Crippen LogP contribution in [-0.4, -0.2) is 59.3 Å². The van der Waals surface area contributed by atoms with Crippen molar-refractivity contribution >= 4 is 11.8 Å². The summed E-state index contributed by atoms with van der Waals surface area (Å²) in [6.45, 7) is 4.55. The van der Waals surface area contributed by atoms with Crippen LogP contribution in [0.2, 0.25) is 0 Å². The third-order valence-corrected chi connectivity index (χ3v) is 5.49. The molecule has 1 saturated carbocycles. The lowest BCUT2D eigenvalue weighted by atomic mass is 9.98. The van der Waals surface area contributed by atoms with E-state index in [0.29, 0.717) is 35.2 Å². The molecular weight excluding hydrogens is 396 g/mol. The van der Waals surface area contributed by atoms with E-state index in [1.807, 2.05) is 6.92 Å². The summed E-state index contributed by atoms with van der Waals surface area (Å²) in [5, 5.41) is 1.34. The number of rotatable bonds is 10. The highest BCUT2D eigenvalue weighted by Gasteiger charge is 2.19. The van der Waals surface area contributed by atoms with E-state index in [4.69, 9.17) is 21.1 Å². The van der Waals surface area contributed by atoms with Crippen LogP contribution in [0, 0.1) is 6.92 Å². The second-order valence-corrected chi connectivity index (χ2v) is 8.18. The standard InChI is InChI=1S/C22H38N6O3/c1-5-6-10-13-27(3)22(29)30-15-19(28(4)24)20(23)18-14-25-21(16(2)26-18)31-17-11-8-7-9-12-17/h14,17H,5-13,15,23-24H2,1-4H3/b20-19-. The van der Waals surface area contributed by atoms with Crippen molar-refractivity contribution in [2.45, 2.75) is 71.3 Å². The topological polar surface area (TPSA) is 120 Å². The Bertz CT molecular complexity index is 747. The minimum atomic E-state index is -0.415. The van der Waals surface area contributed by atoms with Gasteiger partial charge in [0, 0.05) is 20.6 Å². The number of hydrogen-bond donors (Lipinski definition) is 2. The molecule has 0 aromatic carbocycles. The van der Waals surface area contributed by atoms with Gasteiger partial charge in [0.25, 0.3) is 0 Å². The van der Waals surface area contributed by atoms with Crippen LogP contribution in [0.5, 0.6) is 5.88 Å². The van der Waals surface area contributed by atoms with Crippen molar-refractivity contribution in [1.29, 1.82) is 0 Å². The molecule has 31 heavy (non-hydrogen) atoms. The van der Waals surface area contributed by atoms with Crippen molar-refractivity contribution in [2.75, 3.05) is 27.2 Å². The quantitative estimate of drug-likeness (QED) is 0.327. The van der Waals surface area contributed by atoms with E-state index in [1.165, 1.54) is 24.3 Å². The number of amides is 1. The molecule has 1 aromatic rings. The van der Waals surface area contributed by atoms with Crippen molar-refractivity contribution in [3.63, 3.8) is 0 Å². The van der Waals surface area contributed by atoms with E-state index in [1.54, 1.807) is 25.2 Å². The van der Waals surface area contributed by atoms with Crippen LogP contribution >= 0.6 is 0 Å². The summed E-state index contributed by atoms with van der Waals surface area (Å²) in [5.41, 5.74) is 8.20. The Kier molecular flexibility index (Phi) is 9.84. The molecule has 4 N–H and O–H groups in total. The number of carbonyl (C=O) groups excluding carboxylic acids is 1. The Morgan fingerprint density at radius 1 is 1.23 bits per heavy atom. The fourth-order valence-electron chi connectivity index (χ4n) is 3.50. The predicted molar refractivity (Wildman–Crippen MR) is 121 cm³/mol. The number of aryl methyl sites for hydroxylation is 1. The van der Waals surface area contributed by atoms with Crippen LogP contribution < -0.4 is 16.3 Å². The van der Waals surface area contributed by atoms with E-state index >= 15 is 0 Å². The first-order chi connectivity index (χ1) is 14.8. The normalized spacial score (nSPS) is 15.3. The van der Waals surface area contributed by atoms with Crippen LogP contribution in [0.1, 0.15) is 69.7 Å².